The monoisotopic (exact) mass is 256 g/mol. The first-order chi connectivity index (χ1) is 8.52. The molecule has 0 aromatic carbocycles. The van der Waals surface area contributed by atoms with Gasteiger partial charge in [0.25, 0.3) is 5.56 Å². The molecule has 1 aliphatic rings. The maximum absolute atomic E-state index is 11.5. The summed E-state index contributed by atoms with van der Waals surface area (Å²) < 4.78 is 1.28. The van der Waals surface area contributed by atoms with Gasteiger partial charge >= 0.3 is 5.69 Å². The van der Waals surface area contributed by atoms with Crippen LogP contribution in [0.15, 0.2) is 21.9 Å². The molecule has 100 valence electrons. The molecular weight excluding hydrogens is 240 g/mol. The fourth-order valence-electron chi connectivity index (χ4n) is 2.43. The standard InChI is InChI=1S/C11H16N2O5/c14-5-7-3-6(9(16)10(7)17)4-13-2-1-8(15)12-11(13)18/h1-2,6-7,9-10,14,16-17H,3-5H2,(H,12,15,18)/t6-,7+,9-,10+/m0/s1. The lowest BCUT2D eigenvalue weighted by molar-refractivity contribution is -0.00809. The van der Waals surface area contributed by atoms with Crippen molar-refractivity contribution in [3.8, 4) is 0 Å². The molecule has 1 fully saturated rings. The third-order valence-corrected chi connectivity index (χ3v) is 3.48. The van der Waals surface area contributed by atoms with Crippen LogP contribution in [0.2, 0.25) is 0 Å². The molecule has 0 unspecified atom stereocenters. The van der Waals surface area contributed by atoms with E-state index in [1.165, 1.54) is 16.8 Å². The van der Waals surface area contributed by atoms with E-state index in [9.17, 15) is 19.8 Å². The molecule has 0 amide bonds. The highest BCUT2D eigenvalue weighted by molar-refractivity contribution is 4.92. The number of aliphatic hydroxyl groups is 3. The van der Waals surface area contributed by atoms with Crippen molar-refractivity contribution in [1.29, 1.82) is 0 Å². The highest BCUT2D eigenvalue weighted by Gasteiger charge is 2.41. The summed E-state index contributed by atoms with van der Waals surface area (Å²) in [6, 6.07) is 1.22. The zero-order valence-corrected chi connectivity index (χ0v) is 9.69. The van der Waals surface area contributed by atoms with Crippen LogP contribution in [0.25, 0.3) is 0 Å². The minimum Gasteiger partial charge on any atom is -0.396 e. The largest absolute Gasteiger partial charge is 0.396 e. The Bertz CT molecular complexity index is 523. The van der Waals surface area contributed by atoms with E-state index in [0.29, 0.717) is 6.42 Å². The van der Waals surface area contributed by atoms with Gasteiger partial charge in [-0.25, -0.2) is 4.79 Å². The molecule has 1 aromatic heterocycles. The molecule has 7 nitrogen and oxygen atoms in total. The van der Waals surface area contributed by atoms with Crippen molar-refractivity contribution < 1.29 is 15.3 Å². The number of hydrogen-bond acceptors (Lipinski definition) is 5. The van der Waals surface area contributed by atoms with Gasteiger partial charge in [0, 0.05) is 37.3 Å². The van der Waals surface area contributed by atoms with Crippen LogP contribution >= 0.6 is 0 Å². The Hall–Kier alpha value is -1.44. The van der Waals surface area contributed by atoms with Crippen LogP contribution in [-0.2, 0) is 6.54 Å². The Morgan fingerprint density at radius 2 is 1.94 bits per heavy atom. The van der Waals surface area contributed by atoms with E-state index in [1.807, 2.05) is 0 Å². The first kappa shape index (κ1) is 13.0. The number of nitrogens with one attached hydrogen (secondary N) is 1. The van der Waals surface area contributed by atoms with Crippen molar-refractivity contribution in [2.45, 2.75) is 25.2 Å². The molecule has 1 aromatic rings. The minimum absolute atomic E-state index is 0.199. The second-order valence-corrected chi connectivity index (χ2v) is 4.68. The van der Waals surface area contributed by atoms with Gasteiger partial charge in [-0.3, -0.25) is 9.78 Å². The minimum atomic E-state index is -0.974. The Balaban J connectivity index is 2.15. The third-order valence-electron chi connectivity index (χ3n) is 3.48. The molecule has 0 bridgehead atoms. The predicted molar refractivity (Wildman–Crippen MR) is 62.0 cm³/mol. The predicted octanol–water partition coefficient (Wildman–Crippen LogP) is -2.11. The third kappa shape index (κ3) is 2.38. The summed E-state index contributed by atoms with van der Waals surface area (Å²) in [5.74, 6) is -0.691. The lowest BCUT2D eigenvalue weighted by Gasteiger charge is -2.17. The summed E-state index contributed by atoms with van der Waals surface area (Å²) in [7, 11) is 0. The summed E-state index contributed by atoms with van der Waals surface area (Å²) in [6.07, 6.45) is -0.156. The Labute approximate surface area is 102 Å². The van der Waals surface area contributed by atoms with Crippen LogP contribution in [0.3, 0.4) is 0 Å². The van der Waals surface area contributed by atoms with Gasteiger partial charge in [-0.1, -0.05) is 0 Å². The highest BCUT2D eigenvalue weighted by atomic mass is 16.3. The summed E-state index contributed by atoms with van der Waals surface area (Å²) in [6.45, 7) is -0.000408. The van der Waals surface area contributed by atoms with Crippen LogP contribution in [0.1, 0.15) is 6.42 Å². The van der Waals surface area contributed by atoms with Gasteiger partial charge in [0.2, 0.25) is 0 Å². The first-order valence-electron chi connectivity index (χ1n) is 5.79. The molecule has 4 atom stereocenters. The topological polar surface area (TPSA) is 116 Å². The van der Waals surface area contributed by atoms with Crippen molar-refractivity contribution in [1.82, 2.24) is 9.55 Å². The molecule has 1 saturated carbocycles. The molecule has 0 saturated heterocycles. The second-order valence-electron chi connectivity index (χ2n) is 4.68. The number of H-pyrrole nitrogens is 1. The van der Waals surface area contributed by atoms with Gasteiger partial charge in [-0.2, -0.15) is 0 Å². The van der Waals surface area contributed by atoms with Gasteiger partial charge < -0.3 is 19.9 Å². The van der Waals surface area contributed by atoms with Crippen LogP contribution < -0.4 is 11.2 Å². The fraction of sp³-hybridized carbons (Fsp3) is 0.636. The van der Waals surface area contributed by atoms with Crippen molar-refractivity contribution in [3.05, 3.63) is 33.1 Å². The second kappa shape index (κ2) is 5.05. The Kier molecular flexibility index (Phi) is 3.65. The SMILES string of the molecule is O=c1ccn(C[C@@H]2C[C@H](CO)[C@@H](O)[C@H]2O)c(=O)[nH]1. The highest BCUT2D eigenvalue weighted by Crippen LogP contribution is 2.32. The fourth-order valence-corrected chi connectivity index (χ4v) is 2.43. The molecule has 1 heterocycles. The van der Waals surface area contributed by atoms with E-state index in [1.54, 1.807) is 0 Å². The average molecular weight is 256 g/mol. The molecule has 2 rings (SSSR count). The summed E-state index contributed by atoms with van der Waals surface area (Å²) >= 11 is 0. The maximum atomic E-state index is 11.5. The molecule has 7 heteroatoms. The number of aromatic nitrogens is 2. The van der Waals surface area contributed by atoms with E-state index in [-0.39, 0.29) is 25.0 Å². The summed E-state index contributed by atoms with van der Waals surface area (Å²) in [5, 5.41) is 28.5. The zero-order chi connectivity index (χ0) is 13.3. The van der Waals surface area contributed by atoms with Crippen molar-refractivity contribution in [3.63, 3.8) is 0 Å². The van der Waals surface area contributed by atoms with E-state index in [4.69, 9.17) is 5.11 Å². The zero-order valence-electron chi connectivity index (χ0n) is 9.69. The van der Waals surface area contributed by atoms with Crippen molar-refractivity contribution in [2.75, 3.05) is 6.61 Å². The first-order valence-corrected chi connectivity index (χ1v) is 5.79. The smallest absolute Gasteiger partial charge is 0.328 e. The van der Waals surface area contributed by atoms with E-state index < -0.39 is 23.5 Å². The number of aromatic amines is 1. The summed E-state index contributed by atoms with van der Waals surface area (Å²) in [4.78, 5) is 24.5. The van der Waals surface area contributed by atoms with Gasteiger partial charge in [0.1, 0.15) is 0 Å². The van der Waals surface area contributed by atoms with Crippen LogP contribution in [0.5, 0.6) is 0 Å². The maximum Gasteiger partial charge on any atom is 0.328 e. The Morgan fingerprint density at radius 1 is 1.28 bits per heavy atom. The number of nitrogens with zero attached hydrogens (tertiary/aromatic N) is 1. The van der Waals surface area contributed by atoms with Gasteiger partial charge in [0.05, 0.1) is 12.2 Å². The van der Waals surface area contributed by atoms with E-state index in [0.717, 1.165) is 0 Å². The van der Waals surface area contributed by atoms with Gasteiger partial charge in [0.15, 0.2) is 0 Å². The van der Waals surface area contributed by atoms with E-state index >= 15 is 0 Å². The quantitative estimate of drug-likeness (QED) is 0.494. The average Bonchev–Trinajstić information content (AvgIpc) is 2.60. The van der Waals surface area contributed by atoms with Crippen molar-refractivity contribution >= 4 is 0 Å². The lowest BCUT2D eigenvalue weighted by Crippen LogP contribution is -2.34. The van der Waals surface area contributed by atoms with Crippen LogP contribution in [0.4, 0.5) is 0 Å². The normalized spacial score (nSPS) is 31.7. The number of hydrogen-bond donors (Lipinski definition) is 4. The molecule has 4 N–H and O–H groups in total. The lowest BCUT2D eigenvalue weighted by atomic mass is 10.0. The number of aliphatic hydroxyl groups excluding tert-OH is 3. The van der Waals surface area contributed by atoms with Crippen molar-refractivity contribution in [2.24, 2.45) is 11.8 Å². The molecular formula is C11H16N2O5. The number of rotatable bonds is 3. The molecule has 1 aliphatic carbocycles. The van der Waals surface area contributed by atoms with E-state index in [2.05, 4.69) is 4.98 Å². The van der Waals surface area contributed by atoms with Gasteiger partial charge in [-0.15, -0.1) is 0 Å². The van der Waals surface area contributed by atoms with Gasteiger partial charge in [-0.05, 0) is 6.42 Å². The summed E-state index contributed by atoms with van der Waals surface area (Å²) in [5.41, 5.74) is -1.02. The van der Waals surface area contributed by atoms with Crippen LogP contribution in [0, 0.1) is 11.8 Å². The molecule has 18 heavy (non-hydrogen) atoms. The molecule has 0 aliphatic heterocycles. The molecule has 0 spiro atoms. The van der Waals surface area contributed by atoms with Crippen LogP contribution in [-0.4, -0.2) is 43.7 Å². The Morgan fingerprint density at radius 3 is 2.50 bits per heavy atom. The molecule has 0 radical (unpaired) electrons.